The molecule has 7 nitrogen and oxygen atoms in total. The quantitative estimate of drug-likeness (QED) is 0.732. The smallest absolute Gasteiger partial charge is 0.429 e. The van der Waals surface area contributed by atoms with Crippen molar-refractivity contribution < 1.29 is 18.7 Å². The fraction of sp³-hybridized carbons (Fsp3) is 0.500. The highest BCUT2D eigenvalue weighted by molar-refractivity contribution is 6.66. The van der Waals surface area contributed by atoms with Gasteiger partial charge in [0, 0.05) is 6.42 Å². The normalized spacial score (nSPS) is 33.3. The lowest BCUT2D eigenvalue weighted by Gasteiger charge is -2.60. The van der Waals surface area contributed by atoms with Gasteiger partial charge in [-0.15, -0.1) is 0 Å². The van der Waals surface area contributed by atoms with Crippen molar-refractivity contribution in [3.63, 3.8) is 0 Å². The Bertz CT molecular complexity index is 629. The van der Waals surface area contributed by atoms with Crippen LogP contribution in [0.15, 0.2) is 24.3 Å². The van der Waals surface area contributed by atoms with Crippen LogP contribution in [0.4, 0.5) is 4.79 Å². The van der Waals surface area contributed by atoms with Gasteiger partial charge in [-0.1, -0.05) is 12.1 Å². The largest absolute Gasteiger partial charge is 0.583 e. The summed E-state index contributed by atoms with van der Waals surface area (Å²) in [7, 11) is 1.70. The van der Waals surface area contributed by atoms with Gasteiger partial charge in [0.2, 0.25) is 0 Å². The Labute approximate surface area is 142 Å². The van der Waals surface area contributed by atoms with E-state index >= 15 is 0 Å². The van der Waals surface area contributed by atoms with Gasteiger partial charge in [0.05, 0.1) is 20.0 Å². The monoisotopic (exact) mass is 328 g/mol. The molecule has 1 aromatic rings. The maximum Gasteiger partial charge on any atom is 0.583 e. The number of quaternary nitrogens is 1. The minimum Gasteiger partial charge on any atom is -0.429 e. The van der Waals surface area contributed by atoms with E-state index in [1.165, 1.54) is 0 Å². The van der Waals surface area contributed by atoms with Crippen LogP contribution in [0.3, 0.4) is 0 Å². The Morgan fingerprint density at radius 1 is 1.04 bits per heavy atom. The predicted octanol–water partition coefficient (Wildman–Crippen LogP) is 0.445. The lowest BCUT2D eigenvalue weighted by Crippen LogP contribution is -2.80. The number of hydrogen-bond acceptors (Lipinski definition) is 6. The molecule has 4 fully saturated rings. The van der Waals surface area contributed by atoms with Crippen LogP contribution in [0, 0.1) is 0 Å². The van der Waals surface area contributed by atoms with Gasteiger partial charge in [0.15, 0.2) is 0 Å². The number of rotatable bonds is 5. The van der Waals surface area contributed by atoms with Crippen LogP contribution in [0.25, 0.3) is 0 Å². The van der Waals surface area contributed by atoms with Gasteiger partial charge < -0.3 is 9.13 Å². The molecular formula is C16H21BN4O3+. The zero-order valence-electron chi connectivity index (χ0n) is 13.9. The van der Waals surface area contributed by atoms with Crippen molar-refractivity contribution in [2.75, 3.05) is 40.0 Å². The number of carbonyl (C=O) groups excluding carboxylic acids is 2. The zero-order valence-corrected chi connectivity index (χ0v) is 13.9. The minimum absolute atomic E-state index is 0.118. The molecular weight excluding hydrogens is 307 g/mol. The molecule has 4 aliphatic rings. The molecule has 5 rings (SSSR count). The number of Topliss-reactive ketones (excluding diaryl/α,β-unsaturated/α-hetero) is 1. The second-order valence-corrected chi connectivity index (χ2v) is 7.15. The van der Waals surface area contributed by atoms with Crippen molar-refractivity contribution in [3.05, 3.63) is 29.8 Å². The van der Waals surface area contributed by atoms with E-state index in [9.17, 15) is 9.59 Å². The third-order valence-electron chi connectivity index (χ3n) is 4.62. The van der Waals surface area contributed by atoms with E-state index in [0.717, 1.165) is 45.6 Å². The van der Waals surface area contributed by atoms with Crippen LogP contribution in [0.1, 0.15) is 12.5 Å². The Balaban J connectivity index is 1.37. The van der Waals surface area contributed by atoms with Crippen LogP contribution in [-0.2, 0) is 11.2 Å². The second kappa shape index (κ2) is 5.96. The third-order valence-corrected chi connectivity index (χ3v) is 4.62. The number of hydrogen-bond donors (Lipinski definition) is 0. The van der Waals surface area contributed by atoms with Gasteiger partial charge in [-0.05, 0) is 24.6 Å². The topological polar surface area (TPSA) is 53.1 Å². The summed E-state index contributed by atoms with van der Waals surface area (Å²) in [4.78, 5) is 30.5. The van der Waals surface area contributed by atoms with Gasteiger partial charge in [-0.25, -0.2) is 14.7 Å². The maximum absolute atomic E-state index is 12.4. The SMILES string of the molecule is CC(=O)Cc1ccc(OC(=O)[B][N+]23CN4CN(CN(C4)C2)C3)cc1. The Morgan fingerprint density at radius 3 is 2.08 bits per heavy atom. The van der Waals surface area contributed by atoms with Crippen molar-refractivity contribution in [2.45, 2.75) is 13.3 Å². The van der Waals surface area contributed by atoms with E-state index in [2.05, 4.69) is 14.7 Å². The van der Waals surface area contributed by atoms with Crippen molar-refractivity contribution in [3.8, 4) is 5.75 Å². The van der Waals surface area contributed by atoms with Gasteiger partial charge >= 0.3 is 13.3 Å². The fourth-order valence-electron chi connectivity index (χ4n) is 4.03. The molecule has 0 atom stereocenters. The van der Waals surface area contributed by atoms with Crippen molar-refractivity contribution in [1.29, 1.82) is 0 Å². The molecule has 4 heterocycles. The average molecular weight is 328 g/mol. The highest BCUT2D eigenvalue weighted by atomic mass is 16.5. The standard InChI is InChI=1S/C16H21BN4O3/c1-13(22)6-14-2-4-15(5-3-14)24-16(23)17-21-10-18-7-19(11-21)9-20(8-18)12-21/h2-5H,6-12H2,1H3/q+1. The van der Waals surface area contributed by atoms with Gasteiger partial charge in [-0.3, -0.25) is 9.59 Å². The lowest BCUT2D eigenvalue weighted by molar-refractivity contribution is -0.886. The van der Waals surface area contributed by atoms with Crippen molar-refractivity contribution >= 4 is 19.1 Å². The summed E-state index contributed by atoms with van der Waals surface area (Å²) in [6.45, 7) is 7.10. The average Bonchev–Trinajstić information content (AvgIpc) is 2.46. The van der Waals surface area contributed by atoms with Crippen molar-refractivity contribution in [2.24, 2.45) is 0 Å². The first kappa shape index (κ1) is 15.8. The molecule has 0 aliphatic carbocycles. The second-order valence-electron chi connectivity index (χ2n) is 7.15. The minimum atomic E-state index is -0.320. The van der Waals surface area contributed by atoms with Crippen LogP contribution in [-0.4, -0.2) is 78.2 Å². The zero-order chi connectivity index (χ0) is 16.7. The van der Waals surface area contributed by atoms with Gasteiger partial charge in [0.25, 0.3) is 0 Å². The molecule has 4 aliphatic heterocycles. The first-order valence-corrected chi connectivity index (χ1v) is 8.19. The van der Waals surface area contributed by atoms with E-state index in [-0.39, 0.29) is 11.7 Å². The molecule has 1 aromatic carbocycles. The number of nitrogens with zero attached hydrogens (tertiary/aromatic N) is 4. The first-order chi connectivity index (χ1) is 11.5. The molecule has 0 saturated carbocycles. The summed E-state index contributed by atoms with van der Waals surface area (Å²) < 4.78 is 6.08. The van der Waals surface area contributed by atoms with E-state index < -0.39 is 0 Å². The van der Waals surface area contributed by atoms with Crippen molar-refractivity contribution in [1.82, 2.24) is 14.7 Å². The van der Waals surface area contributed by atoms with Crippen LogP contribution >= 0.6 is 0 Å². The maximum atomic E-state index is 12.4. The number of ether oxygens (including phenoxy) is 1. The van der Waals surface area contributed by atoms with Gasteiger partial charge in [0.1, 0.15) is 31.5 Å². The molecule has 0 aromatic heterocycles. The van der Waals surface area contributed by atoms with E-state index in [1.54, 1.807) is 26.5 Å². The summed E-state index contributed by atoms with van der Waals surface area (Å²) in [6, 6.07) is 7.14. The lowest BCUT2D eigenvalue weighted by atomic mass is 9.86. The van der Waals surface area contributed by atoms with Crippen LogP contribution in [0.5, 0.6) is 5.75 Å². The van der Waals surface area contributed by atoms with E-state index in [1.807, 2.05) is 12.1 Å². The van der Waals surface area contributed by atoms with Crippen LogP contribution in [0.2, 0.25) is 0 Å². The molecule has 4 bridgehead atoms. The summed E-state index contributed by atoms with van der Waals surface area (Å²) in [5.74, 6) is 0.311. The summed E-state index contributed by atoms with van der Waals surface area (Å²) in [5.41, 5.74) is 0.927. The molecule has 0 spiro atoms. The predicted molar refractivity (Wildman–Crippen MR) is 87.6 cm³/mol. The Kier molecular flexibility index (Phi) is 3.92. The van der Waals surface area contributed by atoms with Crippen LogP contribution < -0.4 is 4.74 Å². The first-order valence-electron chi connectivity index (χ1n) is 8.19. The molecule has 0 unspecified atom stereocenters. The van der Waals surface area contributed by atoms with Gasteiger partial charge in [-0.2, -0.15) is 0 Å². The molecule has 1 radical (unpaired) electrons. The fourth-order valence-corrected chi connectivity index (χ4v) is 4.03. The number of benzene rings is 1. The number of carbonyl (C=O) groups is 2. The summed E-state index contributed by atoms with van der Waals surface area (Å²) in [6.07, 6.45) is 0.405. The summed E-state index contributed by atoms with van der Waals surface area (Å²) in [5, 5.41) is 0. The van der Waals surface area contributed by atoms with E-state index in [0.29, 0.717) is 16.6 Å². The molecule has 4 saturated heterocycles. The Morgan fingerprint density at radius 2 is 1.58 bits per heavy atom. The molecule has 0 amide bonds. The molecule has 24 heavy (non-hydrogen) atoms. The number of ketones is 1. The molecule has 125 valence electrons. The molecule has 0 N–H and O–H groups in total. The highest BCUT2D eigenvalue weighted by Gasteiger charge is 2.51. The Hall–Kier alpha value is -1.74. The third kappa shape index (κ3) is 3.23. The van der Waals surface area contributed by atoms with E-state index in [4.69, 9.17) is 4.74 Å². The molecule has 8 heteroatoms. The summed E-state index contributed by atoms with van der Waals surface area (Å²) >= 11 is 0. The highest BCUT2D eigenvalue weighted by Crippen LogP contribution is 2.27.